The molecule has 1 aliphatic heterocycles. The van der Waals surface area contributed by atoms with Crippen LogP contribution in [-0.2, 0) is 5.60 Å². The molecule has 0 spiro atoms. The van der Waals surface area contributed by atoms with Crippen molar-refractivity contribution in [2.24, 2.45) is 0 Å². The van der Waals surface area contributed by atoms with Crippen LogP contribution in [0.25, 0.3) is 0 Å². The minimum atomic E-state index is -0.956. The van der Waals surface area contributed by atoms with Gasteiger partial charge >= 0.3 is 0 Å². The first kappa shape index (κ1) is 17.0. The van der Waals surface area contributed by atoms with E-state index in [0.717, 1.165) is 24.3 Å². The van der Waals surface area contributed by atoms with Crippen LogP contribution in [0.5, 0.6) is 5.75 Å². The van der Waals surface area contributed by atoms with Gasteiger partial charge in [-0.1, -0.05) is 48.9 Å². The van der Waals surface area contributed by atoms with Gasteiger partial charge in [0.2, 0.25) is 0 Å². The van der Waals surface area contributed by atoms with E-state index in [9.17, 15) is 5.11 Å². The Morgan fingerprint density at radius 3 is 2.38 bits per heavy atom. The summed E-state index contributed by atoms with van der Waals surface area (Å²) in [6, 6.07) is 18.4. The number of benzene rings is 2. The van der Waals surface area contributed by atoms with Crippen LogP contribution < -0.4 is 10.1 Å². The predicted octanol–water partition coefficient (Wildman–Crippen LogP) is 3.83. The molecule has 1 fully saturated rings. The van der Waals surface area contributed by atoms with Gasteiger partial charge in [0.25, 0.3) is 0 Å². The third-order valence-electron chi connectivity index (χ3n) is 5.19. The Bertz CT molecular complexity index is 631. The van der Waals surface area contributed by atoms with E-state index in [2.05, 4.69) is 29.6 Å². The van der Waals surface area contributed by atoms with Crippen molar-refractivity contribution in [3.63, 3.8) is 0 Å². The van der Waals surface area contributed by atoms with Gasteiger partial charge in [-0.3, -0.25) is 0 Å². The molecule has 0 aromatic heterocycles. The van der Waals surface area contributed by atoms with Gasteiger partial charge in [-0.05, 0) is 49.6 Å². The zero-order chi connectivity index (χ0) is 17.0. The molecule has 2 N–H and O–H groups in total. The summed E-state index contributed by atoms with van der Waals surface area (Å²) >= 11 is 0. The number of nitrogens with one attached hydrogen (secondary N) is 1. The molecule has 128 valence electrons. The number of rotatable bonds is 5. The number of aliphatic hydroxyl groups is 1. The SMILES string of the molecule is COc1ccc(C(C)(O)C(c2ccccc2)C2CCCCN2)cc1. The molecule has 1 aliphatic rings. The van der Waals surface area contributed by atoms with Crippen LogP contribution >= 0.6 is 0 Å². The van der Waals surface area contributed by atoms with E-state index in [4.69, 9.17) is 4.74 Å². The molecule has 3 nitrogen and oxygen atoms in total. The molecule has 0 saturated carbocycles. The van der Waals surface area contributed by atoms with Gasteiger partial charge in [-0.2, -0.15) is 0 Å². The Kier molecular flexibility index (Phi) is 5.22. The smallest absolute Gasteiger partial charge is 0.118 e. The third kappa shape index (κ3) is 3.47. The summed E-state index contributed by atoms with van der Waals surface area (Å²) in [5, 5.41) is 15.2. The lowest BCUT2D eigenvalue weighted by molar-refractivity contribution is 0.00894. The quantitative estimate of drug-likeness (QED) is 0.878. The molecule has 24 heavy (non-hydrogen) atoms. The van der Waals surface area contributed by atoms with Crippen molar-refractivity contribution in [2.75, 3.05) is 13.7 Å². The van der Waals surface area contributed by atoms with Crippen LogP contribution in [0.1, 0.15) is 43.2 Å². The third-order valence-corrected chi connectivity index (χ3v) is 5.19. The van der Waals surface area contributed by atoms with Gasteiger partial charge in [0.1, 0.15) is 5.75 Å². The van der Waals surface area contributed by atoms with Crippen LogP contribution in [0, 0.1) is 0 Å². The van der Waals surface area contributed by atoms with Gasteiger partial charge in [0.15, 0.2) is 0 Å². The largest absolute Gasteiger partial charge is 0.497 e. The molecule has 3 rings (SSSR count). The number of methoxy groups -OCH3 is 1. The maximum absolute atomic E-state index is 11.5. The Labute approximate surface area is 144 Å². The van der Waals surface area contributed by atoms with E-state index in [0.29, 0.717) is 0 Å². The van der Waals surface area contributed by atoms with Crippen molar-refractivity contribution in [3.8, 4) is 5.75 Å². The Balaban J connectivity index is 1.98. The van der Waals surface area contributed by atoms with Gasteiger partial charge in [-0.25, -0.2) is 0 Å². The van der Waals surface area contributed by atoms with Crippen LogP contribution in [0.4, 0.5) is 0 Å². The van der Waals surface area contributed by atoms with Gasteiger partial charge in [-0.15, -0.1) is 0 Å². The zero-order valence-corrected chi connectivity index (χ0v) is 14.5. The molecule has 2 aromatic carbocycles. The fourth-order valence-electron chi connectivity index (χ4n) is 3.88. The fourth-order valence-corrected chi connectivity index (χ4v) is 3.88. The highest BCUT2D eigenvalue weighted by molar-refractivity contribution is 5.35. The summed E-state index contributed by atoms with van der Waals surface area (Å²) in [4.78, 5) is 0. The second-order valence-electron chi connectivity index (χ2n) is 6.82. The molecule has 0 amide bonds. The lowest BCUT2D eigenvalue weighted by Crippen LogP contribution is -2.47. The van der Waals surface area contributed by atoms with Crippen LogP contribution in [0.3, 0.4) is 0 Å². The highest BCUT2D eigenvalue weighted by atomic mass is 16.5. The molecular formula is C21H27NO2. The molecule has 3 unspecified atom stereocenters. The first-order valence-corrected chi connectivity index (χ1v) is 8.78. The molecule has 3 atom stereocenters. The minimum Gasteiger partial charge on any atom is -0.497 e. The van der Waals surface area contributed by atoms with Crippen molar-refractivity contribution in [1.82, 2.24) is 5.32 Å². The van der Waals surface area contributed by atoms with Crippen LogP contribution in [-0.4, -0.2) is 24.8 Å². The summed E-state index contributed by atoms with van der Waals surface area (Å²) < 4.78 is 5.25. The molecule has 1 heterocycles. The fraction of sp³-hybridized carbons (Fsp3) is 0.429. The highest BCUT2D eigenvalue weighted by Gasteiger charge is 2.40. The molecular weight excluding hydrogens is 298 g/mol. The van der Waals surface area contributed by atoms with Crippen molar-refractivity contribution < 1.29 is 9.84 Å². The van der Waals surface area contributed by atoms with Crippen molar-refractivity contribution >= 4 is 0 Å². The van der Waals surface area contributed by atoms with E-state index in [1.165, 1.54) is 18.4 Å². The molecule has 2 aromatic rings. The average Bonchev–Trinajstić information content (AvgIpc) is 2.63. The van der Waals surface area contributed by atoms with Crippen molar-refractivity contribution in [2.45, 2.75) is 43.7 Å². The Morgan fingerprint density at radius 1 is 1.08 bits per heavy atom. The van der Waals surface area contributed by atoms with E-state index >= 15 is 0 Å². The molecule has 0 aliphatic carbocycles. The van der Waals surface area contributed by atoms with Gasteiger partial charge in [0.05, 0.1) is 12.7 Å². The maximum Gasteiger partial charge on any atom is 0.118 e. The van der Waals surface area contributed by atoms with Gasteiger partial charge < -0.3 is 15.2 Å². The summed E-state index contributed by atoms with van der Waals surface area (Å²) in [5.41, 5.74) is 1.14. The van der Waals surface area contributed by atoms with E-state index in [1.54, 1.807) is 7.11 Å². The second kappa shape index (κ2) is 7.37. The minimum absolute atomic E-state index is 0.00685. The molecule has 1 saturated heterocycles. The first-order valence-electron chi connectivity index (χ1n) is 8.78. The Hall–Kier alpha value is -1.84. The number of ether oxygens (including phenoxy) is 1. The normalized spacial score (nSPS) is 21.7. The summed E-state index contributed by atoms with van der Waals surface area (Å²) in [6.07, 6.45) is 3.51. The Morgan fingerprint density at radius 2 is 1.79 bits per heavy atom. The van der Waals surface area contributed by atoms with Gasteiger partial charge in [0, 0.05) is 12.0 Å². The molecule has 3 heteroatoms. The summed E-state index contributed by atoms with van der Waals surface area (Å²) in [7, 11) is 1.66. The number of hydrogen-bond donors (Lipinski definition) is 2. The van der Waals surface area contributed by atoms with Crippen LogP contribution in [0.2, 0.25) is 0 Å². The van der Waals surface area contributed by atoms with E-state index < -0.39 is 5.60 Å². The topological polar surface area (TPSA) is 41.5 Å². The first-order chi connectivity index (χ1) is 11.6. The lowest BCUT2D eigenvalue weighted by atomic mass is 9.72. The summed E-state index contributed by atoms with van der Waals surface area (Å²) in [5.74, 6) is 0.814. The average molecular weight is 325 g/mol. The van der Waals surface area contributed by atoms with Crippen LogP contribution in [0.15, 0.2) is 54.6 Å². The predicted molar refractivity (Wildman–Crippen MR) is 97.4 cm³/mol. The van der Waals surface area contributed by atoms with E-state index in [1.807, 2.05) is 37.3 Å². The van der Waals surface area contributed by atoms with Crippen molar-refractivity contribution in [1.29, 1.82) is 0 Å². The maximum atomic E-state index is 11.5. The lowest BCUT2D eigenvalue weighted by Gasteiger charge is -2.41. The molecule has 0 bridgehead atoms. The summed E-state index contributed by atoms with van der Waals surface area (Å²) in [6.45, 7) is 2.95. The highest BCUT2D eigenvalue weighted by Crippen LogP contribution is 2.41. The molecule has 0 radical (unpaired) electrons. The standard InChI is InChI=1S/C21H27NO2/c1-21(23,17-11-13-18(24-2)14-12-17)20(16-8-4-3-5-9-16)19-10-6-7-15-22-19/h3-5,8-9,11-14,19-20,22-23H,6-7,10,15H2,1-2H3. The zero-order valence-electron chi connectivity index (χ0n) is 14.5. The second-order valence-corrected chi connectivity index (χ2v) is 6.82. The monoisotopic (exact) mass is 325 g/mol. The number of piperidine rings is 1. The number of hydrogen-bond acceptors (Lipinski definition) is 3. The van der Waals surface area contributed by atoms with E-state index in [-0.39, 0.29) is 12.0 Å². The van der Waals surface area contributed by atoms with Crippen molar-refractivity contribution in [3.05, 3.63) is 65.7 Å².